The second-order valence-corrected chi connectivity index (χ2v) is 6.42. The summed E-state index contributed by atoms with van der Waals surface area (Å²) in [7, 11) is 0. The van der Waals surface area contributed by atoms with E-state index in [1.165, 1.54) is 10.9 Å². The normalized spacial score (nSPS) is 12.1. The molecule has 0 aliphatic rings. The number of hydrogen-bond acceptors (Lipinski definition) is 1. The summed E-state index contributed by atoms with van der Waals surface area (Å²) in [5.41, 5.74) is 3.43. The fourth-order valence-electron chi connectivity index (χ4n) is 2.95. The zero-order valence-electron chi connectivity index (χ0n) is 13.5. The summed E-state index contributed by atoms with van der Waals surface area (Å²) in [6.07, 6.45) is 2.07. The van der Waals surface area contributed by atoms with Crippen LogP contribution in [-0.2, 0) is 0 Å². The van der Waals surface area contributed by atoms with Crippen LogP contribution in [0.15, 0.2) is 54.7 Å². The van der Waals surface area contributed by atoms with Crippen LogP contribution in [0.5, 0.6) is 0 Å². The molecule has 0 saturated heterocycles. The Kier molecular flexibility index (Phi) is 5.38. The van der Waals surface area contributed by atoms with Crippen LogP contribution in [0, 0.1) is 0 Å². The summed E-state index contributed by atoms with van der Waals surface area (Å²) >= 11 is 11.8. The van der Waals surface area contributed by atoms with Crippen molar-refractivity contribution in [3.63, 3.8) is 0 Å². The van der Waals surface area contributed by atoms with Crippen molar-refractivity contribution >= 4 is 39.8 Å². The average Bonchev–Trinajstić information content (AvgIpc) is 3.01. The minimum absolute atomic E-state index is 0.103. The average molecular weight is 358 g/mol. The van der Waals surface area contributed by atoms with Crippen LogP contribution < -0.4 is 10.6 Å². The van der Waals surface area contributed by atoms with Gasteiger partial charge < -0.3 is 15.6 Å². The van der Waals surface area contributed by atoms with Gasteiger partial charge in [0, 0.05) is 41.1 Å². The lowest BCUT2D eigenvalue weighted by Crippen LogP contribution is -2.37. The predicted molar refractivity (Wildman–Crippen MR) is 106 cm³/mol. The van der Waals surface area contributed by atoms with Gasteiger partial charge in [0.15, 0.2) is 5.11 Å². The van der Waals surface area contributed by atoms with E-state index in [0.29, 0.717) is 11.7 Å². The molecule has 0 amide bonds. The van der Waals surface area contributed by atoms with Gasteiger partial charge in [-0.15, -0.1) is 0 Å². The third-order valence-corrected chi connectivity index (χ3v) is 4.71. The number of benzene rings is 2. The van der Waals surface area contributed by atoms with E-state index in [1.807, 2.05) is 31.2 Å². The highest BCUT2D eigenvalue weighted by Crippen LogP contribution is 2.33. The standard InChI is InChI=1S/C19H20ClN3S/c1-2-21-19(24)23-12-15(13-7-3-5-9-17(13)20)16-11-22-18-10-6-4-8-14(16)18/h3-11,15,22H,2,12H2,1H3,(H2,21,23,24)/t15-/m0/s1. The first-order chi connectivity index (χ1) is 11.7. The molecule has 0 radical (unpaired) electrons. The number of hydrogen-bond donors (Lipinski definition) is 3. The number of aromatic nitrogens is 1. The second-order valence-electron chi connectivity index (χ2n) is 5.60. The molecule has 3 rings (SSSR count). The molecule has 0 bridgehead atoms. The molecule has 3 aromatic rings. The third-order valence-electron chi connectivity index (χ3n) is 4.08. The molecule has 2 aromatic carbocycles. The molecule has 0 unspecified atom stereocenters. The highest BCUT2D eigenvalue weighted by molar-refractivity contribution is 7.80. The van der Waals surface area contributed by atoms with Gasteiger partial charge in [-0.2, -0.15) is 0 Å². The summed E-state index contributed by atoms with van der Waals surface area (Å²) in [5, 5.41) is 9.08. The fraction of sp³-hybridized carbons (Fsp3) is 0.211. The summed E-state index contributed by atoms with van der Waals surface area (Å²) < 4.78 is 0. The summed E-state index contributed by atoms with van der Waals surface area (Å²) in [6.45, 7) is 3.51. The Morgan fingerprint density at radius 3 is 2.62 bits per heavy atom. The first kappa shape index (κ1) is 16.8. The molecule has 3 nitrogen and oxygen atoms in total. The van der Waals surface area contributed by atoms with Crippen LogP contribution in [0.2, 0.25) is 5.02 Å². The highest BCUT2D eigenvalue weighted by Gasteiger charge is 2.20. The van der Waals surface area contributed by atoms with Gasteiger partial charge in [0.05, 0.1) is 0 Å². The summed E-state index contributed by atoms with van der Waals surface area (Å²) in [6, 6.07) is 16.3. The lowest BCUT2D eigenvalue weighted by Gasteiger charge is -2.20. The van der Waals surface area contributed by atoms with Crippen LogP contribution in [0.1, 0.15) is 24.0 Å². The Hall–Kier alpha value is -2.04. The lowest BCUT2D eigenvalue weighted by molar-refractivity contribution is 0.748. The monoisotopic (exact) mass is 357 g/mol. The van der Waals surface area contributed by atoms with Gasteiger partial charge in [0.1, 0.15) is 0 Å². The van der Waals surface area contributed by atoms with Gasteiger partial charge >= 0.3 is 0 Å². The molecule has 1 atom stereocenters. The quantitative estimate of drug-likeness (QED) is 0.591. The maximum Gasteiger partial charge on any atom is 0.166 e. The zero-order chi connectivity index (χ0) is 16.9. The summed E-state index contributed by atoms with van der Waals surface area (Å²) in [4.78, 5) is 3.35. The minimum Gasteiger partial charge on any atom is -0.363 e. The first-order valence-electron chi connectivity index (χ1n) is 8.02. The molecule has 1 heterocycles. The van der Waals surface area contributed by atoms with Crippen LogP contribution in [0.4, 0.5) is 0 Å². The maximum absolute atomic E-state index is 6.48. The second kappa shape index (κ2) is 7.69. The first-order valence-corrected chi connectivity index (χ1v) is 8.81. The van der Waals surface area contributed by atoms with E-state index in [2.05, 4.69) is 46.1 Å². The van der Waals surface area contributed by atoms with Crippen molar-refractivity contribution < 1.29 is 0 Å². The van der Waals surface area contributed by atoms with E-state index in [-0.39, 0.29) is 5.92 Å². The fourth-order valence-corrected chi connectivity index (χ4v) is 3.44. The lowest BCUT2D eigenvalue weighted by atomic mass is 9.91. The van der Waals surface area contributed by atoms with E-state index in [1.54, 1.807) is 0 Å². The molecule has 3 N–H and O–H groups in total. The molecule has 1 aromatic heterocycles. The predicted octanol–water partition coefficient (Wildman–Crippen LogP) is 4.44. The Balaban J connectivity index is 1.99. The molecule has 0 saturated carbocycles. The van der Waals surface area contributed by atoms with Crippen molar-refractivity contribution in [1.29, 1.82) is 0 Å². The van der Waals surface area contributed by atoms with Gasteiger partial charge in [-0.1, -0.05) is 48.0 Å². The molecular formula is C19H20ClN3S. The SMILES string of the molecule is CCNC(=S)NC[C@@H](c1ccccc1Cl)c1c[nH]c2ccccc12. The maximum atomic E-state index is 6.48. The van der Waals surface area contributed by atoms with Gasteiger partial charge in [-0.25, -0.2) is 0 Å². The molecule has 0 fully saturated rings. The number of halogens is 1. The van der Waals surface area contributed by atoms with E-state index in [0.717, 1.165) is 22.6 Å². The Labute approximate surface area is 152 Å². The number of aromatic amines is 1. The van der Waals surface area contributed by atoms with Gasteiger partial charge in [-0.05, 0) is 42.4 Å². The van der Waals surface area contributed by atoms with Crippen molar-refractivity contribution in [1.82, 2.24) is 15.6 Å². The van der Waals surface area contributed by atoms with Crippen molar-refractivity contribution in [2.45, 2.75) is 12.8 Å². The number of nitrogens with one attached hydrogen (secondary N) is 3. The smallest absolute Gasteiger partial charge is 0.166 e. The van der Waals surface area contributed by atoms with Gasteiger partial charge in [0.25, 0.3) is 0 Å². The van der Waals surface area contributed by atoms with Crippen molar-refractivity contribution in [3.8, 4) is 0 Å². The Morgan fingerprint density at radius 2 is 1.83 bits per heavy atom. The molecule has 0 aliphatic heterocycles. The Morgan fingerprint density at radius 1 is 1.08 bits per heavy atom. The number of para-hydroxylation sites is 1. The van der Waals surface area contributed by atoms with E-state index >= 15 is 0 Å². The Bertz CT molecular complexity index is 843. The molecule has 124 valence electrons. The van der Waals surface area contributed by atoms with Crippen LogP contribution in [0.25, 0.3) is 10.9 Å². The minimum atomic E-state index is 0.103. The molecular weight excluding hydrogens is 338 g/mol. The van der Waals surface area contributed by atoms with Crippen molar-refractivity contribution in [3.05, 3.63) is 70.9 Å². The van der Waals surface area contributed by atoms with E-state index in [4.69, 9.17) is 23.8 Å². The zero-order valence-corrected chi connectivity index (χ0v) is 15.0. The largest absolute Gasteiger partial charge is 0.363 e. The van der Waals surface area contributed by atoms with Crippen LogP contribution in [-0.4, -0.2) is 23.2 Å². The highest BCUT2D eigenvalue weighted by atomic mass is 35.5. The molecule has 0 aliphatic carbocycles. The van der Waals surface area contributed by atoms with Crippen LogP contribution in [0.3, 0.4) is 0 Å². The van der Waals surface area contributed by atoms with E-state index in [9.17, 15) is 0 Å². The van der Waals surface area contributed by atoms with Gasteiger partial charge in [-0.3, -0.25) is 0 Å². The third kappa shape index (κ3) is 3.55. The molecule has 5 heteroatoms. The molecule has 24 heavy (non-hydrogen) atoms. The topological polar surface area (TPSA) is 39.8 Å². The molecule has 0 spiro atoms. The van der Waals surface area contributed by atoms with Gasteiger partial charge in [0.2, 0.25) is 0 Å². The number of thiocarbonyl (C=S) groups is 1. The van der Waals surface area contributed by atoms with Crippen molar-refractivity contribution in [2.24, 2.45) is 0 Å². The van der Waals surface area contributed by atoms with Crippen LogP contribution >= 0.6 is 23.8 Å². The number of fused-ring (bicyclic) bond motifs is 1. The summed E-state index contributed by atoms with van der Waals surface area (Å²) in [5.74, 6) is 0.103. The van der Waals surface area contributed by atoms with Crippen molar-refractivity contribution in [2.75, 3.05) is 13.1 Å². The number of rotatable bonds is 5. The number of H-pyrrole nitrogens is 1. The van der Waals surface area contributed by atoms with E-state index < -0.39 is 0 Å².